The maximum Gasteiger partial charge on any atom is 0.263 e. The van der Waals surface area contributed by atoms with Crippen molar-refractivity contribution in [2.75, 3.05) is 19.6 Å². The molecule has 3 heterocycles. The molecule has 5 heteroatoms. The molecule has 2 fully saturated rings. The SMILES string of the molecule is CCN1CCC[C@H]1[C@@H]1CCCN1C(=O)c1ccc(C)n(C)c1=O. The zero-order valence-electron chi connectivity index (χ0n) is 14.4. The number of aryl methyl sites for hydroxylation is 1. The van der Waals surface area contributed by atoms with Crippen molar-refractivity contribution in [3.05, 3.63) is 33.7 Å². The first-order valence-corrected chi connectivity index (χ1v) is 8.76. The van der Waals surface area contributed by atoms with E-state index < -0.39 is 0 Å². The van der Waals surface area contributed by atoms with Crippen LogP contribution in [0.3, 0.4) is 0 Å². The standard InChI is InChI=1S/C18H27N3O2/c1-4-20-11-5-7-15(20)16-8-6-12-21(16)18(23)14-10-9-13(2)19(3)17(14)22/h9-10,15-16H,4-8,11-12H2,1-3H3/t15-,16-/m0/s1. The molecule has 2 aliphatic rings. The minimum Gasteiger partial charge on any atom is -0.334 e. The van der Waals surface area contributed by atoms with Gasteiger partial charge in [-0.15, -0.1) is 0 Å². The average molecular weight is 317 g/mol. The predicted octanol–water partition coefficient (Wildman–Crippen LogP) is 1.78. The second kappa shape index (κ2) is 6.48. The van der Waals surface area contributed by atoms with Crippen molar-refractivity contribution in [3.8, 4) is 0 Å². The number of aromatic nitrogens is 1. The van der Waals surface area contributed by atoms with Crippen LogP contribution in [0.25, 0.3) is 0 Å². The highest BCUT2D eigenvalue weighted by molar-refractivity contribution is 5.94. The molecule has 1 aromatic heterocycles. The Bertz CT molecular complexity index is 652. The van der Waals surface area contributed by atoms with Gasteiger partial charge in [-0.05, 0) is 57.8 Å². The largest absolute Gasteiger partial charge is 0.334 e. The lowest BCUT2D eigenvalue weighted by atomic mass is 10.0. The number of likely N-dealkylation sites (tertiary alicyclic amines) is 2. The van der Waals surface area contributed by atoms with E-state index in [1.165, 1.54) is 6.42 Å². The van der Waals surface area contributed by atoms with E-state index in [0.29, 0.717) is 11.6 Å². The number of nitrogens with zero attached hydrogens (tertiary/aromatic N) is 3. The van der Waals surface area contributed by atoms with Crippen LogP contribution < -0.4 is 5.56 Å². The first kappa shape index (κ1) is 16.2. The molecular formula is C18H27N3O2. The van der Waals surface area contributed by atoms with Crippen LogP contribution in [-0.4, -0.2) is 52.0 Å². The van der Waals surface area contributed by atoms with Crippen LogP contribution >= 0.6 is 0 Å². The average Bonchev–Trinajstić information content (AvgIpc) is 3.19. The van der Waals surface area contributed by atoms with Gasteiger partial charge in [-0.1, -0.05) is 6.92 Å². The van der Waals surface area contributed by atoms with Crippen LogP contribution in [0.5, 0.6) is 0 Å². The number of carbonyl (C=O) groups excluding carboxylic acids is 1. The van der Waals surface area contributed by atoms with Crippen molar-refractivity contribution in [3.63, 3.8) is 0 Å². The third kappa shape index (κ3) is 2.82. The molecule has 2 saturated heterocycles. The van der Waals surface area contributed by atoms with E-state index >= 15 is 0 Å². The molecule has 0 unspecified atom stereocenters. The van der Waals surface area contributed by atoms with Gasteiger partial charge in [0.25, 0.3) is 11.5 Å². The van der Waals surface area contributed by atoms with Gasteiger partial charge in [0, 0.05) is 31.4 Å². The molecule has 5 nitrogen and oxygen atoms in total. The zero-order valence-corrected chi connectivity index (χ0v) is 14.4. The molecule has 126 valence electrons. The minimum atomic E-state index is -0.181. The number of likely N-dealkylation sites (N-methyl/N-ethyl adjacent to an activating group) is 1. The molecule has 0 radical (unpaired) electrons. The first-order valence-electron chi connectivity index (χ1n) is 8.76. The third-order valence-corrected chi connectivity index (χ3v) is 5.61. The van der Waals surface area contributed by atoms with E-state index in [1.54, 1.807) is 17.7 Å². The molecule has 0 N–H and O–H groups in total. The van der Waals surface area contributed by atoms with Crippen molar-refractivity contribution in [1.29, 1.82) is 0 Å². The van der Waals surface area contributed by atoms with Gasteiger partial charge in [-0.2, -0.15) is 0 Å². The number of rotatable bonds is 3. The third-order valence-electron chi connectivity index (χ3n) is 5.61. The summed E-state index contributed by atoms with van der Waals surface area (Å²) in [5.74, 6) is -0.0870. The number of carbonyl (C=O) groups is 1. The molecular weight excluding hydrogens is 290 g/mol. The van der Waals surface area contributed by atoms with Crippen molar-refractivity contribution >= 4 is 5.91 Å². The highest BCUT2D eigenvalue weighted by Crippen LogP contribution is 2.30. The summed E-state index contributed by atoms with van der Waals surface area (Å²) < 4.78 is 1.56. The summed E-state index contributed by atoms with van der Waals surface area (Å²) in [6, 6.07) is 4.27. The lowest BCUT2D eigenvalue weighted by Crippen LogP contribution is -2.49. The Balaban J connectivity index is 1.87. The quantitative estimate of drug-likeness (QED) is 0.854. The van der Waals surface area contributed by atoms with Gasteiger partial charge in [0.1, 0.15) is 5.56 Å². The summed E-state index contributed by atoms with van der Waals surface area (Å²) in [4.78, 5) is 29.9. The Morgan fingerprint density at radius 1 is 1.17 bits per heavy atom. The van der Waals surface area contributed by atoms with E-state index in [4.69, 9.17) is 0 Å². The number of hydrogen-bond acceptors (Lipinski definition) is 3. The number of amides is 1. The van der Waals surface area contributed by atoms with E-state index in [1.807, 2.05) is 17.9 Å². The Morgan fingerprint density at radius 3 is 2.61 bits per heavy atom. The Kier molecular flexibility index (Phi) is 4.57. The molecule has 23 heavy (non-hydrogen) atoms. The van der Waals surface area contributed by atoms with Gasteiger partial charge in [-0.3, -0.25) is 14.5 Å². The van der Waals surface area contributed by atoms with Gasteiger partial charge in [0.2, 0.25) is 0 Å². The Morgan fingerprint density at radius 2 is 1.87 bits per heavy atom. The highest BCUT2D eigenvalue weighted by atomic mass is 16.2. The van der Waals surface area contributed by atoms with Gasteiger partial charge in [-0.25, -0.2) is 0 Å². The molecule has 0 spiro atoms. The van der Waals surface area contributed by atoms with E-state index in [0.717, 1.165) is 44.6 Å². The van der Waals surface area contributed by atoms with Gasteiger partial charge >= 0.3 is 0 Å². The summed E-state index contributed by atoms with van der Waals surface area (Å²) >= 11 is 0. The summed E-state index contributed by atoms with van der Waals surface area (Å²) in [6.07, 6.45) is 4.47. The van der Waals surface area contributed by atoms with Crippen molar-refractivity contribution in [2.45, 2.75) is 51.6 Å². The van der Waals surface area contributed by atoms with Crippen LogP contribution in [0.15, 0.2) is 16.9 Å². The number of hydrogen-bond donors (Lipinski definition) is 0. The number of pyridine rings is 1. The second-order valence-corrected chi connectivity index (χ2v) is 6.80. The summed E-state index contributed by atoms with van der Waals surface area (Å²) in [5.41, 5.74) is 1.00. The molecule has 1 aromatic rings. The summed E-state index contributed by atoms with van der Waals surface area (Å²) in [6.45, 7) is 7.01. The predicted molar refractivity (Wildman–Crippen MR) is 90.7 cm³/mol. The maximum absolute atomic E-state index is 13.0. The molecule has 1 amide bonds. The van der Waals surface area contributed by atoms with Gasteiger partial charge in [0.05, 0.1) is 0 Å². The van der Waals surface area contributed by atoms with E-state index in [-0.39, 0.29) is 17.5 Å². The molecule has 0 aromatic carbocycles. The Labute approximate surface area is 137 Å². The van der Waals surface area contributed by atoms with Crippen molar-refractivity contribution in [2.24, 2.45) is 7.05 Å². The van der Waals surface area contributed by atoms with Crippen LogP contribution in [0.4, 0.5) is 0 Å². The molecule has 3 rings (SSSR count). The van der Waals surface area contributed by atoms with Gasteiger partial charge in [0.15, 0.2) is 0 Å². The smallest absolute Gasteiger partial charge is 0.263 e. The molecule has 0 saturated carbocycles. The fourth-order valence-corrected chi connectivity index (χ4v) is 4.17. The van der Waals surface area contributed by atoms with Crippen molar-refractivity contribution in [1.82, 2.24) is 14.4 Å². The van der Waals surface area contributed by atoms with Crippen LogP contribution in [0.2, 0.25) is 0 Å². The van der Waals surface area contributed by atoms with Gasteiger partial charge < -0.3 is 9.47 Å². The minimum absolute atomic E-state index is 0.0870. The fourth-order valence-electron chi connectivity index (χ4n) is 4.17. The van der Waals surface area contributed by atoms with Crippen LogP contribution in [0, 0.1) is 6.92 Å². The first-order chi connectivity index (χ1) is 11.0. The second-order valence-electron chi connectivity index (χ2n) is 6.80. The summed E-state index contributed by atoms with van der Waals surface area (Å²) in [5, 5.41) is 0. The lowest BCUT2D eigenvalue weighted by molar-refractivity contribution is 0.0647. The molecule has 2 aliphatic heterocycles. The summed E-state index contributed by atoms with van der Waals surface area (Å²) in [7, 11) is 1.73. The lowest BCUT2D eigenvalue weighted by Gasteiger charge is -2.34. The van der Waals surface area contributed by atoms with Crippen LogP contribution in [-0.2, 0) is 7.05 Å². The highest BCUT2D eigenvalue weighted by Gasteiger charge is 2.39. The Hall–Kier alpha value is -1.62. The molecule has 0 aliphatic carbocycles. The topological polar surface area (TPSA) is 45.5 Å². The molecule has 2 atom stereocenters. The zero-order chi connectivity index (χ0) is 16.6. The molecule has 0 bridgehead atoms. The van der Waals surface area contributed by atoms with E-state index in [2.05, 4.69) is 11.8 Å². The normalized spacial score (nSPS) is 25.3. The monoisotopic (exact) mass is 317 g/mol. The fraction of sp³-hybridized carbons (Fsp3) is 0.667. The van der Waals surface area contributed by atoms with Crippen molar-refractivity contribution < 1.29 is 4.79 Å². The van der Waals surface area contributed by atoms with Crippen LogP contribution in [0.1, 0.15) is 48.7 Å². The maximum atomic E-state index is 13.0. The van der Waals surface area contributed by atoms with E-state index in [9.17, 15) is 9.59 Å².